The molecule has 1 aromatic carbocycles. The maximum atomic E-state index is 12.2. The fourth-order valence-electron chi connectivity index (χ4n) is 2.15. The minimum atomic E-state index is -1.15. The van der Waals surface area contributed by atoms with Crippen molar-refractivity contribution in [3.63, 3.8) is 0 Å². The number of carbonyl (C=O) groups is 2. The Bertz CT molecular complexity index is 1050. The molecule has 26 heavy (non-hydrogen) atoms. The molecule has 0 fully saturated rings. The average Bonchev–Trinajstić information content (AvgIpc) is 3.00. The van der Waals surface area contributed by atoms with Crippen LogP contribution < -0.4 is 10.7 Å². The molecule has 0 saturated heterocycles. The van der Waals surface area contributed by atoms with Crippen molar-refractivity contribution in [3.8, 4) is 0 Å². The van der Waals surface area contributed by atoms with Crippen LogP contribution in [-0.4, -0.2) is 23.1 Å². The Labute approximate surface area is 151 Å². The SMILES string of the molecule is Cc1cc(NC(=O)[C@@H](C)OC(=O)c2cc(=O)c3cc(Cl)ccc3o2)no1. The summed E-state index contributed by atoms with van der Waals surface area (Å²) in [6, 6.07) is 6.94. The summed E-state index contributed by atoms with van der Waals surface area (Å²) >= 11 is 5.84. The summed E-state index contributed by atoms with van der Waals surface area (Å²) in [6.45, 7) is 3.04. The molecule has 0 aliphatic carbocycles. The second-order valence-corrected chi connectivity index (χ2v) is 5.91. The zero-order chi connectivity index (χ0) is 18.8. The highest BCUT2D eigenvalue weighted by molar-refractivity contribution is 6.31. The van der Waals surface area contributed by atoms with E-state index in [-0.39, 0.29) is 22.5 Å². The van der Waals surface area contributed by atoms with E-state index in [0.29, 0.717) is 10.8 Å². The van der Waals surface area contributed by atoms with Gasteiger partial charge in [-0.3, -0.25) is 9.59 Å². The molecule has 3 rings (SSSR count). The summed E-state index contributed by atoms with van der Waals surface area (Å²) in [4.78, 5) is 36.3. The molecule has 1 N–H and O–H groups in total. The van der Waals surface area contributed by atoms with Crippen LogP contribution >= 0.6 is 11.6 Å². The van der Waals surface area contributed by atoms with Crippen LogP contribution in [0.15, 0.2) is 44.1 Å². The fourth-order valence-corrected chi connectivity index (χ4v) is 2.33. The maximum absolute atomic E-state index is 12.2. The number of hydrogen-bond acceptors (Lipinski definition) is 7. The standard InChI is InChI=1S/C17H13ClN2O6/c1-8-5-15(20-26-8)19-16(22)9(2)24-17(23)14-7-12(21)11-6-10(18)3-4-13(11)25-14/h3-7,9H,1-2H3,(H,19,20,22)/t9-/m1/s1. The first-order chi connectivity index (χ1) is 12.3. The minimum absolute atomic E-state index is 0.184. The first-order valence-corrected chi connectivity index (χ1v) is 7.90. The number of nitrogens with one attached hydrogen (secondary N) is 1. The molecule has 0 aliphatic heterocycles. The zero-order valence-corrected chi connectivity index (χ0v) is 14.5. The van der Waals surface area contributed by atoms with E-state index in [1.807, 2.05) is 0 Å². The van der Waals surface area contributed by atoms with Crippen molar-refractivity contribution < 1.29 is 23.3 Å². The maximum Gasteiger partial charge on any atom is 0.375 e. The Morgan fingerprint density at radius 1 is 1.27 bits per heavy atom. The lowest BCUT2D eigenvalue weighted by Gasteiger charge is -2.11. The van der Waals surface area contributed by atoms with Crippen molar-refractivity contribution in [3.05, 3.63) is 57.1 Å². The van der Waals surface area contributed by atoms with Gasteiger partial charge in [-0.05, 0) is 32.0 Å². The number of esters is 1. The van der Waals surface area contributed by atoms with Crippen molar-refractivity contribution in [2.45, 2.75) is 20.0 Å². The third kappa shape index (κ3) is 3.75. The van der Waals surface area contributed by atoms with Gasteiger partial charge in [-0.25, -0.2) is 4.79 Å². The number of ether oxygens (including phenoxy) is 1. The largest absolute Gasteiger partial charge is 0.449 e. The molecular weight excluding hydrogens is 364 g/mol. The lowest BCUT2D eigenvalue weighted by atomic mass is 10.2. The van der Waals surface area contributed by atoms with Crippen molar-refractivity contribution in [1.29, 1.82) is 0 Å². The molecule has 2 aromatic heterocycles. The van der Waals surface area contributed by atoms with Crippen LogP contribution in [0.3, 0.4) is 0 Å². The number of fused-ring (bicyclic) bond motifs is 1. The monoisotopic (exact) mass is 376 g/mol. The summed E-state index contributed by atoms with van der Waals surface area (Å²) in [5, 5.41) is 6.66. The number of anilines is 1. The Morgan fingerprint density at radius 3 is 2.73 bits per heavy atom. The van der Waals surface area contributed by atoms with Gasteiger partial charge in [0.2, 0.25) is 5.76 Å². The lowest BCUT2D eigenvalue weighted by Crippen LogP contribution is -2.30. The molecule has 2 heterocycles. The number of benzene rings is 1. The average molecular weight is 377 g/mol. The molecule has 0 spiro atoms. The van der Waals surface area contributed by atoms with Crippen LogP contribution in [0.2, 0.25) is 5.02 Å². The Kier molecular flexibility index (Phi) is 4.77. The van der Waals surface area contributed by atoms with E-state index in [0.717, 1.165) is 6.07 Å². The van der Waals surface area contributed by atoms with E-state index in [4.69, 9.17) is 25.3 Å². The Morgan fingerprint density at radius 2 is 2.04 bits per heavy atom. The second kappa shape index (κ2) is 7.01. The van der Waals surface area contributed by atoms with Gasteiger partial charge in [-0.15, -0.1) is 0 Å². The van der Waals surface area contributed by atoms with Crippen LogP contribution in [0.4, 0.5) is 5.82 Å². The van der Waals surface area contributed by atoms with Crippen molar-refractivity contribution >= 4 is 40.3 Å². The molecule has 0 saturated carbocycles. The molecule has 0 bridgehead atoms. The van der Waals surface area contributed by atoms with Crippen molar-refractivity contribution in [1.82, 2.24) is 5.16 Å². The van der Waals surface area contributed by atoms with E-state index in [9.17, 15) is 14.4 Å². The van der Waals surface area contributed by atoms with Crippen LogP contribution in [0, 0.1) is 6.92 Å². The molecular formula is C17H13ClN2O6. The van der Waals surface area contributed by atoms with Gasteiger partial charge < -0.3 is 19.0 Å². The van der Waals surface area contributed by atoms with Gasteiger partial charge in [0.15, 0.2) is 17.4 Å². The molecule has 1 atom stereocenters. The number of halogens is 1. The normalized spacial score (nSPS) is 12.0. The van der Waals surface area contributed by atoms with Gasteiger partial charge in [-0.1, -0.05) is 16.8 Å². The van der Waals surface area contributed by atoms with Gasteiger partial charge >= 0.3 is 5.97 Å². The number of aryl methyl sites for hydroxylation is 1. The van der Waals surface area contributed by atoms with Gasteiger partial charge in [0, 0.05) is 17.2 Å². The number of amides is 1. The predicted octanol–water partition coefficient (Wildman–Crippen LogP) is 2.93. The molecule has 9 heteroatoms. The summed E-state index contributed by atoms with van der Waals surface area (Å²) in [6.07, 6.45) is -1.15. The molecule has 8 nitrogen and oxygen atoms in total. The molecule has 0 aliphatic rings. The zero-order valence-electron chi connectivity index (χ0n) is 13.7. The topological polar surface area (TPSA) is 112 Å². The van der Waals surface area contributed by atoms with E-state index in [1.165, 1.54) is 31.2 Å². The first-order valence-electron chi connectivity index (χ1n) is 7.52. The van der Waals surface area contributed by atoms with Crippen LogP contribution in [0.25, 0.3) is 11.0 Å². The molecule has 3 aromatic rings. The smallest absolute Gasteiger partial charge is 0.375 e. The fraction of sp³-hybridized carbons (Fsp3) is 0.176. The van der Waals surface area contributed by atoms with E-state index in [2.05, 4.69) is 10.5 Å². The highest BCUT2D eigenvalue weighted by Gasteiger charge is 2.22. The minimum Gasteiger partial charge on any atom is -0.449 e. The van der Waals surface area contributed by atoms with Gasteiger partial charge in [-0.2, -0.15) is 0 Å². The molecule has 134 valence electrons. The number of hydrogen-bond donors (Lipinski definition) is 1. The van der Waals surface area contributed by atoms with Crippen molar-refractivity contribution in [2.24, 2.45) is 0 Å². The van der Waals surface area contributed by atoms with Gasteiger partial charge in [0.1, 0.15) is 11.3 Å². The Hall–Kier alpha value is -3.13. The van der Waals surface area contributed by atoms with Crippen molar-refractivity contribution in [2.75, 3.05) is 5.32 Å². The lowest BCUT2D eigenvalue weighted by molar-refractivity contribution is -0.123. The Balaban J connectivity index is 1.74. The van der Waals surface area contributed by atoms with Crippen LogP contribution in [-0.2, 0) is 9.53 Å². The third-order valence-electron chi connectivity index (χ3n) is 3.42. The van der Waals surface area contributed by atoms with E-state index < -0.39 is 23.4 Å². The molecule has 0 radical (unpaired) electrons. The number of nitrogens with zero attached hydrogens (tertiary/aromatic N) is 1. The molecule has 1 amide bonds. The van der Waals surface area contributed by atoms with E-state index >= 15 is 0 Å². The molecule has 0 unspecified atom stereocenters. The summed E-state index contributed by atoms with van der Waals surface area (Å²) in [7, 11) is 0. The predicted molar refractivity (Wildman–Crippen MR) is 92.2 cm³/mol. The van der Waals surface area contributed by atoms with Gasteiger partial charge in [0.25, 0.3) is 5.91 Å². The quantitative estimate of drug-likeness (QED) is 0.696. The highest BCUT2D eigenvalue weighted by atomic mass is 35.5. The number of carbonyl (C=O) groups excluding carboxylic acids is 2. The summed E-state index contributed by atoms with van der Waals surface area (Å²) in [5.41, 5.74) is -0.264. The van der Waals surface area contributed by atoms with Crippen LogP contribution in [0.5, 0.6) is 0 Å². The summed E-state index contributed by atoms with van der Waals surface area (Å²) < 4.78 is 15.2. The third-order valence-corrected chi connectivity index (χ3v) is 3.66. The second-order valence-electron chi connectivity index (χ2n) is 5.47. The number of aromatic nitrogens is 1. The first kappa shape index (κ1) is 17.7. The van der Waals surface area contributed by atoms with Gasteiger partial charge in [0.05, 0.1) is 5.39 Å². The highest BCUT2D eigenvalue weighted by Crippen LogP contribution is 2.18. The summed E-state index contributed by atoms with van der Waals surface area (Å²) in [5.74, 6) is -1.16. The van der Waals surface area contributed by atoms with E-state index in [1.54, 1.807) is 6.92 Å². The number of rotatable bonds is 4. The van der Waals surface area contributed by atoms with Crippen LogP contribution in [0.1, 0.15) is 23.2 Å².